The van der Waals surface area contributed by atoms with Crippen LogP contribution in [0.2, 0.25) is 0 Å². The second-order valence-corrected chi connectivity index (χ2v) is 3.85. The average Bonchev–Trinajstić information content (AvgIpc) is 2.42. The molecule has 1 rings (SSSR count). The summed E-state index contributed by atoms with van der Waals surface area (Å²) in [6.45, 7) is 3.59. The van der Waals surface area contributed by atoms with E-state index in [-0.39, 0.29) is 6.61 Å². The van der Waals surface area contributed by atoms with Crippen LogP contribution in [0.3, 0.4) is 0 Å². The monoisotopic (exact) mass is 219 g/mol. The molecule has 0 saturated carbocycles. The van der Waals surface area contributed by atoms with Crippen LogP contribution in [0.1, 0.15) is 13.8 Å². The van der Waals surface area contributed by atoms with E-state index in [2.05, 4.69) is 5.16 Å². The first-order chi connectivity index (χ1) is 7.00. The van der Waals surface area contributed by atoms with Crippen LogP contribution in [0.4, 0.5) is 0 Å². The molecule has 6 nitrogen and oxygen atoms in total. The molecule has 0 spiro atoms. The fraction of sp³-hybridized carbons (Fsp3) is 0.889. The van der Waals surface area contributed by atoms with Gasteiger partial charge in [-0.25, -0.2) is 0 Å². The number of hydrogen-bond donors (Lipinski definition) is 2. The van der Waals surface area contributed by atoms with E-state index in [1.54, 1.807) is 13.8 Å². The van der Waals surface area contributed by atoms with Gasteiger partial charge in [0, 0.05) is 7.11 Å². The van der Waals surface area contributed by atoms with Crippen molar-refractivity contribution < 1.29 is 24.5 Å². The third-order valence-electron chi connectivity index (χ3n) is 2.09. The smallest absolute Gasteiger partial charge is 0.164 e. The number of methoxy groups -OCH3 is 1. The SMILES string of the molecule is COC[C@@H](O)[C@H]1OC(C)(C)O[C@H]1/C=N\O. The van der Waals surface area contributed by atoms with Gasteiger partial charge in [0.1, 0.15) is 18.3 Å². The molecule has 1 aliphatic rings. The van der Waals surface area contributed by atoms with E-state index in [0.717, 1.165) is 0 Å². The minimum atomic E-state index is -0.820. The summed E-state index contributed by atoms with van der Waals surface area (Å²) in [5, 5.41) is 21.0. The van der Waals surface area contributed by atoms with Gasteiger partial charge in [0.05, 0.1) is 12.8 Å². The highest BCUT2D eigenvalue weighted by Crippen LogP contribution is 2.29. The molecule has 1 saturated heterocycles. The molecule has 2 N–H and O–H groups in total. The van der Waals surface area contributed by atoms with Crippen LogP contribution in [0.15, 0.2) is 5.16 Å². The summed E-state index contributed by atoms with van der Waals surface area (Å²) in [7, 11) is 1.49. The molecule has 0 aromatic heterocycles. The van der Waals surface area contributed by atoms with E-state index in [9.17, 15) is 5.11 Å². The molecule has 3 atom stereocenters. The lowest BCUT2D eigenvalue weighted by Gasteiger charge is -2.20. The molecule has 6 heteroatoms. The van der Waals surface area contributed by atoms with Crippen molar-refractivity contribution in [2.24, 2.45) is 5.16 Å². The molecule has 1 aliphatic heterocycles. The van der Waals surface area contributed by atoms with Crippen molar-refractivity contribution in [1.82, 2.24) is 0 Å². The Kier molecular flexibility index (Phi) is 4.04. The van der Waals surface area contributed by atoms with Crippen molar-refractivity contribution >= 4 is 6.21 Å². The highest BCUT2D eigenvalue weighted by Gasteiger charge is 2.44. The third kappa shape index (κ3) is 3.13. The number of oxime groups is 1. The van der Waals surface area contributed by atoms with E-state index in [4.69, 9.17) is 19.4 Å². The van der Waals surface area contributed by atoms with Crippen molar-refractivity contribution in [1.29, 1.82) is 0 Å². The van der Waals surface area contributed by atoms with E-state index in [1.165, 1.54) is 13.3 Å². The molecule has 0 aromatic rings. The Balaban J connectivity index is 2.68. The van der Waals surface area contributed by atoms with Gasteiger partial charge in [-0.2, -0.15) is 0 Å². The maximum Gasteiger partial charge on any atom is 0.164 e. The largest absolute Gasteiger partial charge is 0.411 e. The zero-order chi connectivity index (χ0) is 11.5. The van der Waals surface area contributed by atoms with Gasteiger partial charge in [-0.3, -0.25) is 0 Å². The Bertz CT molecular complexity index is 231. The second-order valence-electron chi connectivity index (χ2n) is 3.85. The third-order valence-corrected chi connectivity index (χ3v) is 2.09. The van der Waals surface area contributed by atoms with Crippen molar-refractivity contribution in [3.63, 3.8) is 0 Å². The van der Waals surface area contributed by atoms with E-state index < -0.39 is 24.1 Å². The van der Waals surface area contributed by atoms with E-state index in [1.807, 2.05) is 0 Å². The average molecular weight is 219 g/mol. The standard InChI is InChI=1S/C9H17NO5/c1-9(2)14-7(4-10-12)8(15-9)6(11)5-13-3/h4,6-8,11-12H,5H2,1-3H3/b10-4-/t6-,7+,8-/m1/s1. The van der Waals surface area contributed by atoms with Gasteiger partial charge < -0.3 is 24.5 Å². The number of nitrogens with zero attached hydrogens (tertiary/aromatic N) is 1. The Labute approximate surface area is 88.4 Å². The normalized spacial score (nSPS) is 32.3. The first-order valence-corrected chi connectivity index (χ1v) is 4.70. The summed E-state index contributed by atoms with van der Waals surface area (Å²) in [6.07, 6.45) is -0.788. The summed E-state index contributed by atoms with van der Waals surface area (Å²) in [5.74, 6) is -0.800. The minimum Gasteiger partial charge on any atom is -0.411 e. The molecule has 88 valence electrons. The molecule has 0 aromatic carbocycles. The van der Waals surface area contributed by atoms with Crippen molar-refractivity contribution in [2.45, 2.75) is 37.9 Å². The van der Waals surface area contributed by atoms with Gasteiger partial charge in [-0.15, -0.1) is 0 Å². The van der Waals surface area contributed by atoms with Gasteiger partial charge in [0.25, 0.3) is 0 Å². The van der Waals surface area contributed by atoms with Crippen LogP contribution >= 0.6 is 0 Å². The number of aliphatic hydroxyl groups excluding tert-OH is 1. The number of ether oxygens (including phenoxy) is 3. The van der Waals surface area contributed by atoms with E-state index in [0.29, 0.717) is 0 Å². The highest BCUT2D eigenvalue weighted by molar-refractivity contribution is 5.63. The Morgan fingerprint density at radius 1 is 1.53 bits per heavy atom. The van der Waals surface area contributed by atoms with Crippen LogP contribution in [0, 0.1) is 0 Å². The summed E-state index contributed by atoms with van der Waals surface area (Å²) in [4.78, 5) is 0. The molecule has 1 heterocycles. The maximum absolute atomic E-state index is 9.70. The first-order valence-electron chi connectivity index (χ1n) is 4.70. The lowest BCUT2D eigenvalue weighted by Crippen LogP contribution is -2.39. The molecule has 0 radical (unpaired) electrons. The fourth-order valence-corrected chi connectivity index (χ4v) is 1.56. The lowest BCUT2D eigenvalue weighted by molar-refractivity contribution is -0.156. The van der Waals surface area contributed by atoms with Crippen molar-refractivity contribution in [2.75, 3.05) is 13.7 Å². The van der Waals surface area contributed by atoms with E-state index >= 15 is 0 Å². The van der Waals surface area contributed by atoms with Crippen LogP contribution in [-0.2, 0) is 14.2 Å². The van der Waals surface area contributed by atoms with Crippen LogP contribution < -0.4 is 0 Å². The minimum absolute atomic E-state index is 0.139. The fourth-order valence-electron chi connectivity index (χ4n) is 1.56. The number of rotatable bonds is 4. The molecule has 0 aliphatic carbocycles. The van der Waals surface area contributed by atoms with Gasteiger partial charge in [0.15, 0.2) is 5.79 Å². The Morgan fingerprint density at radius 3 is 2.73 bits per heavy atom. The summed E-state index contributed by atoms with van der Waals surface area (Å²) in [6, 6.07) is 0. The van der Waals surface area contributed by atoms with Crippen LogP contribution in [0.5, 0.6) is 0 Å². The van der Waals surface area contributed by atoms with Gasteiger partial charge >= 0.3 is 0 Å². The molecular weight excluding hydrogens is 202 g/mol. The highest BCUT2D eigenvalue weighted by atomic mass is 16.8. The summed E-state index contributed by atoms with van der Waals surface area (Å²) >= 11 is 0. The first kappa shape index (κ1) is 12.4. The van der Waals surface area contributed by atoms with Gasteiger partial charge in [-0.1, -0.05) is 5.16 Å². The topological polar surface area (TPSA) is 80.5 Å². The predicted octanol–water partition coefficient (Wildman–Crippen LogP) is -0.0262. The molecule has 1 fully saturated rings. The second kappa shape index (κ2) is 4.89. The maximum atomic E-state index is 9.70. The Hall–Kier alpha value is -0.690. The lowest BCUT2D eigenvalue weighted by atomic mass is 10.1. The molecule has 0 bridgehead atoms. The predicted molar refractivity (Wildman–Crippen MR) is 52.0 cm³/mol. The Morgan fingerprint density at radius 2 is 2.20 bits per heavy atom. The zero-order valence-electron chi connectivity index (χ0n) is 9.08. The molecule has 0 amide bonds. The van der Waals surface area contributed by atoms with Crippen molar-refractivity contribution in [3.8, 4) is 0 Å². The van der Waals surface area contributed by atoms with Crippen LogP contribution in [0.25, 0.3) is 0 Å². The van der Waals surface area contributed by atoms with Gasteiger partial charge in [0.2, 0.25) is 0 Å². The summed E-state index contributed by atoms with van der Waals surface area (Å²) in [5.41, 5.74) is 0. The quantitative estimate of drug-likeness (QED) is 0.394. The zero-order valence-corrected chi connectivity index (χ0v) is 9.08. The van der Waals surface area contributed by atoms with Crippen LogP contribution in [-0.4, -0.2) is 54.3 Å². The summed E-state index contributed by atoms with van der Waals surface area (Å²) < 4.78 is 15.7. The molecule has 15 heavy (non-hydrogen) atoms. The number of aliphatic hydroxyl groups is 1. The number of hydrogen-bond acceptors (Lipinski definition) is 6. The van der Waals surface area contributed by atoms with Gasteiger partial charge in [-0.05, 0) is 13.8 Å². The molecule has 0 unspecified atom stereocenters. The molecular formula is C9H17NO5. The van der Waals surface area contributed by atoms with Crippen molar-refractivity contribution in [3.05, 3.63) is 0 Å².